The Morgan fingerprint density at radius 3 is 2.15 bits per heavy atom. The number of carbonyl (C=O) groups excluding carboxylic acids is 2. The second-order valence-electron chi connectivity index (χ2n) is 9.10. The molecule has 0 fully saturated rings. The first-order valence-electron chi connectivity index (χ1n) is 11.8. The molecule has 0 aromatic heterocycles. The summed E-state index contributed by atoms with van der Waals surface area (Å²) in [5, 5.41) is 9.95. The summed E-state index contributed by atoms with van der Waals surface area (Å²) in [5.74, 6) is -1.27. The number of hydrogen-bond acceptors (Lipinski definition) is 5. The number of carbonyl (C=O) groups is 3. The number of Topliss-reactive ketones (excluding diaryl/α,β-unsaturated/α-hetero) is 2. The molecule has 1 N–H and O–H groups in total. The minimum Gasteiger partial charge on any atom is -0.488 e. The Kier molecular flexibility index (Phi) is 5.82. The lowest BCUT2D eigenvalue weighted by Crippen LogP contribution is -2.37. The summed E-state index contributed by atoms with van der Waals surface area (Å²) in [4.78, 5) is 40.5. The molecule has 0 spiro atoms. The van der Waals surface area contributed by atoms with Gasteiger partial charge >= 0.3 is 5.97 Å². The summed E-state index contributed by atoms with van der Waals surface area (Å²) >= 11 is 0. The molecule has 174 valence electrons. The summed E-state index contributed by atoms with van der Waals surface area (Å²) in [6.45, 7) is 0.246. The Labute approximate surface area is 198 Å². The highest BCUT2D eigenvalue weighted by atomic mass is 16.5. The van der Waals surface area contributed by atoms with Crippen LogP contribution in [0.1, 0.15) is 65.9 Å². The molecule has 0 saturated heterocycles. The number of carboxylic acids is 1. The smallest absolute Gasteiger partial charge is 0.339 e. The molecule has 1 aliphatic heterocycles. The van der Waals surface area contributed by atoms with Gasteiger partial charge in [-0.1, -0.05) is 36.4 Å². The van der Waals surface area contributed by atoms with Crippen molar-refractivity contribution in [3.63, 3.8) is 0 Å². The van der Waals surface area contributed by atoms with Gasteiger partial charge in [-0.05, 0) is 48.9 Å². The minimum absolute atomic E-state index is 0.0307. The quantitative estimate of drug-likeness (QED) is 0.680. The molecule has 34 heavy (non-hydrogen) atoms. The summed E-state index contributed by atoms with van der Waals surface area (Å²) in [5.41, 5.74) is 4.86. The molecule has 2 aromatic carbocycles. The van der Waals surface area contributed by atoms with Gasteiger partial charge in [0.15, 0.2) is 11.6 Å². The van der Waals surface area contributed by atoms with E-state index in [-0.39, 0.29) is 29.5 Å². The first kappa shape index (κ1) is 22.1. The van der Waals surface area contributed by atoms with Crippen LogP contribution in [0, 0.1) is 0 Å². The first-order chi connectivity index (χ1) is 16.5. The fraction of sp³-hybridized carbons (Fsp3) is 0.321. The predicted octanol–water partition coefficient (Wildman–Crippen LogP) is 5.01. The van der Waals surface area contributed by atoms with Gasteiger partial charge in [-0.3, -0.25) is 9.59 Å². The third-order valence-corrected chi connectivity index (χ3v) is 7.05. The van der Waals surface area contributed by atoms with Crippen LogP contribution in [-0.2, 0) is 16.2 Å². The molecule has 5 rings (SSSR count). The van der Waals surface area contributed by atoms with Crippen molar-refractivity contribution < 1.29 is 24.2 Å². The van der Waals surface area contributed by atoms with Gasteiger partial charge in [-0.15, -0.1) is 0 Å². The maximum atomic E-state index is 13.1. The lowest BCUT2D eigenvalue weighted by atomic mass is 9.71. The molecule has 6 nitrogen and oxygen atoms in total. The average molecular weight is 458 g/mol. The normalized spacial score (nSPS) is 18.7. The molecule has 0 bridgehead atoms. The summed E-state index contributed by atoms with van der Waals surface area (Å²) in [6, 6.07) is 14.6. The van der Waals surface area contributed by atoms with E-state index >= 15 is 0 Å². The van der Waals surface area contributed by atoms with Gasteiger partial charge in [0.2, 0.25) is 0 Å². The van der Waals surface area contributed by atoms with Crippen LogP contribution in [-0.4, -0.2) is 34.6 Å². The largest absolute Gasteiger partial charge is 0.488 e. The Morgan fingerprint density at radius 1 is 0.941 bits per heavy atom. The van der Waals surface area contributed by atoms with Gasteiger partial charge in [-0.2, -0.15) is 0 Å². The third-order valence-electron chi connectivity index (χ3n) is 7.05. The Bertz CT molecular complexity index is 1200. The third kappa shape index (κ3) is 3.83. The Hall–Kier alpha value is -3.67. The number of carboxylic acid groups (broad SMARTS) is 1. The molecule has 6 heteroatoms. The van der Waals surface area contributed by atoms with Crippen LogP contribution in [0.25, 0.3) is 0 Å². The highest BCUT2D eigenvalue weighted by molar-refractivity contribution is 6.06. The highest BCUT2D eigenvalue weighted by Crippen LogP contribution is 2.48. The van der Waals surface area contributed by atoms with Gasteiger partial charge in [0.1, 0.15) is 17.9 Å². The lowest BCUT2D eigenvalue weighted by molar-refractivity contribution is -0.117. The van der Waals surface area contributed by atoms with E-state index < -0.39 is 11.9 Å². The van der Waals surface area contributed by atoms with E-state index in [1.807, 2.05) is 48.3 Å². The Morgan fingerprint density at radius 2 is 1.56 bits per heavy atom. The van der Waals surface area contributed by atoms with Crippen molar-refractivity contribution in [3.05, 3.63) is 87.8 Å². The van der Waals surface area contributed by atoms with Crippen molar-refractivity contribution in [2.75, 3.05) is 7.05 Å². The van der Waals surface area contributed by atoms with Crippen LogP contribution >= 0.6 is 0 Å². The highest BCUT2D eigenvalue weighted by Gasteiger charge is 2.42. The van der Waals surface area contributed by atoms with E-state index in [0.717, 1.165) is 42.6 Å². The molecule has 3 aliphatic rings. The number of ether oxygens (including phenoxy) is 1. The monoisotopic (exact) mass is 457 g/mol. The number of benzene rings is 2. The second kappa shape index (κ2) is 8.93. The maximum absolute atomic E-state index is 13.1. The molecule has 0 saturated carbocycles. The van der Waals surface area contributed by atoms with Crippen LogP contribution in [0.5, 0.6) is 5.75 Å². The van der Waals surface area contributed by atoms with E-state index in [9.17, 15) is 19.5 Å². The van der Waals surface area contributed by atoms with E-state index in [1.54, 1.807) is 12.1 Å². The van der Waals surface area contributed by atoms with E-state index in [0.29, 0.717) is 29.6 Å². The summed E-state index contributed by atoms with van der Waals surface area (Å²) < 4.78 is 5.85. The number of aromatic carboxylic acids is 1. The zero-order chi connectivity index (χ0) is 23.8. The van der Waals surface area contributed by atoms with Gasteiger partial charge < -0.3 is 14.7 Å². The fourth-order valence-corrected chi connectivity index (χ4v) is 5.44. The molecule has 0 unspecified atom stereocenters. The standard InChI is InChI=1S/C28H27NO5/c1-29-20-9-5-11-22(30)26(20)25(27-21(29)10-6-12-23(27)31)18-13-14-24(19(15-18)28(32)33)34-16-17-7-3-2-4-8-17/h2-4,7-8,13-15,25H,5-6,9-12,16H2,1H3,(H,32,33). The van der Waals surface area contributed by atoms with Crippen molar-refractivity contribution >= 4 is 17.5 Å². The maximum Gasteiger partial charge on any atom is 0.339 e. The lowest BCUT2D eigenvalue weighted by Gasteiger charge is -2.42. The van der Waals surface area contributed by atoms with Crippen LogP contribution in [0.3, 0.4) is 0 Å². The summed E-state index contributed by atoms with van der Waals surface area (Å²) in [6.07, 6.45) is 4.04. The Balaban J connectivity index is 1.59. The fourth-order valence-electron chi connectivity index (χ4n) is 5.44. The predicted molar refractivity (Wildman–Crippen MR) is 126 cm³/mol. The van der Waals surface area contributed by atoms with Crippen molar-refractivity contribution in [1.82, 2.24) is 4.90 Å². The number of rotatable bonds is 5. The molecular weight excluding hydrogens is 430 g/mol. The molecule has 1 heterocycles. The van der Waals surface area contributed by atoms with Gasteiger partial charge in [0.05, 0.1) is 0 Å². The minimum atomic E-state index is -1.11. The molecule has 0 radical (unpaired) electrons. The van der Waals surface area contributed by atoms with Crippen LogP contribution in [0.2, 0.25) is 0 Å². The molecule has 2 aliphatic carbocycles. The number of nitrogens with zero attached hydrogens (tertiary/aromatic N) is 1. The van der Waals surface area contributed by atoms with Crippen LogP contribution in [0.15, 0.2) is 71.1 Å². The van der Waals surface area contributed by atoms with Crippen LogP contribution in [0.4, 0.5) is 0 Å². The number of allylic oxidation sites excluding steroid dienone is 4. The molecular formula is C28H27NO5. The zero-order valence-electron chi connectivity index (χ0n) is 19.2. The van der Waals surface area contributed by atoms with Crippen molar-refractivity contribution in [3.8, 4) is 5.75 Å². The van der Waals surface area contributed by atoms with Crippen molar-refractivity contribution in [1.29, 1.82) is 0 Å². The van der Waals surface area contributed by atoms with E-state index in [2.05, 4.69) is 0 Å². The van der Waals surface area contributed by atoms with Crippen molar-refractivity contribution in [2.45, 2.75) is 51.0 Å². The van der Waals surface area contributed by atoms with E-state index in [4.69, 9.17) is 4.74 Å². The van der Waals surface area contributed by atoms with Crippen LogP contribution < -0.4 is 4.74 Å². The van der Waals surface area contributed by atoms with Gasteiger partial charge in [0.25, 0.3) is 0 Å². The topological polar surface area (TPSA) is 83.9 Å². The molecule has 2 aromatic rings. The number of ketones is 2. The van der Waals surface area contributed by atoms with Crippen molar-refractivity contribution in [2.24, 2.45) is 0 Å². The average Bonchev–Trinajstić information content (AvgIpc) is 2.84. The number of hydrogen-bond donors (Lipinski definition) is 1. The van der Waals surface area contributed by atoms with Gasteiger partial charge in [0, 0.05) is 48.3 Å². The SMILES string of the molecule is CN1C2=C(C(=O)CCC2)C(c2ccc(OCc3ccccc3)c(C(=O)O)c2)C2=C1CCCC2=O. The van der Waals surface area contributed by atoms with E-state index in [1.165, 1.54) is 0 Å². The molecule has 0 atom stereocenters. The molecule has 0 amide bonds. The first-order valence-corrected chi connectivity index (χ1v) is 11.8. The summed E-state index contributed by atoms with van der Waals surface area (Å²) in [7, 11) is 1.95. The van der Waals surface area contributed by atoms with Gasteiger partial charge in [-0.25, -0.2) is 4.79 Å². The zero-order valence-corrected chi connectivity index (χ0v) is 19.2. The second-order valence-corrected chi connectivity index (χ2v) is 9.10.